The summed E-state index contributed by atoms with van der Waals surface area (Å²) >= 11 is 4.50. The number of benzene rings is 2. The number of hydrogen-bond donors (Lipinski definition) is 1. The average Bonchev–Trinajstić information content (AvgIpc) is 3.01. The lowest BCUT2D eigenvalue weighted by molar-refractivity contribution is 0.360. The highest BCUT2D eigenvalue weighted by molar-refractivity contribution is 14.1. The molecule has 0 saturated heterocycles. The van der Waals surface area contributed by atoms with Gasteiger partial charge in [0.15, 0.2) is 0 Å². The van der Waals surface area contributed by atoms with Gasteiger partial charge in [-0.3, -0.25) is 0 Å². The Hall–Kier alpha value is -1.86. The van der Waals surface area contributed by atoms with E-state index in [1.165, 1.54) is 0 Å². The molecule has 0 atom stereocenters. The Morgan fingerprint density at radius 3 is 2.88 bits per heavy atom. The number of H-pyrrole nitrogens is 1. The summed E-state index contributed by atoms with van der Waals surface area (Å²) in [6.07, 6.45) is 3.52. The Morgan fingerprint density at radius 2 is 2.15 bits per heavy atom. The number of hydrogen-bond acceptors (Lipinski definition) is 3. The number of fused-ring (bicyclic) bond motifs is 1. The van der Waals surface area contributed by atoms with Crippen molar-refractivity contribution in [1.29, 1.82) is 5.26 Å². The second kappa shape index (κ2) is 8.22. The van der Waals surface area contributed by atoms with Gasteiger partial charge in [-0.1, -0.05) is 18.7 Å². The summed E-state index contributed by atoms with van der Waals surface area (Å²) in [7, 11) is 0. The Labute approximate surface area is 179 Å². The van der Waals surface area contributed by atoms with Gasteiger partial charge in [-0.05, 0) is 88.0 Å². The van der Waals surface area contributed by atoms with Crippen molar-refractivity contribution >= 4 is 67.9 Å². The van der Waals surface area contributed by atoms with Crippen molar-refractivity contribution in [2.24, 2.45) is 0 Å². The quantitative estimate of drug-likeness (QED) is 0.244. The fraction of sp³-hybridized carbons (Fsp3) is 0.100. The molecule has 0 bridgehead atoms. The molecule has 3 aromatic rings. The number of ether oxygens (including phenoxy) is 1. The fourth-order valence-electron chi connectivity index (χ4n) is 2.54. The standard InChI is InChI=1S/C20H15I2N3O/c1-3-6-26-19-13(9-15(21)10-16(19)22)8-14(11-23)20-24-17-5-4-12(2)7-18(17)25-20/h3-5,7-10H,1,6H2,2H3,(H,24,25)/b14-8+. The first kappa shape index (κ1) is 18.9. The van der Waals surface area contributed by atoms with E-state index in [9.17, 15) is 5.26 Å². The van der Waals surface area contributed by atoms with Crippen molar-refractivity contribution in [1.82, 2.24) is 9.97 Å². The van der Waals surface area contributed by atoms with Crippen LogP contribution in [0, 0.1) is 25.4 Å². The van der Waals surface area contributed by atoms with Gasteiger partial charge in [0.05, 0.1) is 20.2 Å². The molecule has 1 heterocycles. The SMILES string of the molecule is C=CCOc1c(I)cc(I)cc1/C=C(\C#N)c1nc2ccc(C)cc2[nH]1. The lowest BCUT2D eigenvalue weighted by Crippen LogP contribution is -1.99. The molecule has 0 spiro atoms. The first-order valence-electron chi connectivity index (χ1n) is 7.83. The molecule has 0 unspecified atom stereocenters. The molecule has 0 amide bonds. The van der Waals surface area contributed by atoms with Crippen LogP contribution in [0.25, 0.3) is 22.7 Å². The first-order valence-corrected chi connectivity index (χ1v) is 9.99. The van der Waals surface area contributed by atoms with Crippen molar-refractivity contribution in [2.45, 2.75) is 6.92 Å². The van der Waals surface area contributed by atoms with Crippen LogP contribution < -0.4 is 4.74 Å². The number of aromatic amines is 1. The Bertz CT molecular complexity index is 1060. The average molecular weight is 567 g/mol. The molecule has 0 aliphatic heterocycles. The van der Waals surface area contributed by atoms with Crippen LogP contribution in [-0.2, 0) is 0 Å². The van der Waals surface area contributed by atoms with Crippen molar-refractivity contribution < 1.29 is 4.74 Å². The van der Waals surface area contributed by atoms with Gasteiger partial charge in [0, 0.05) is 9.13 Å². The van der Waals surface area contributed by atoms with E-state index in [2.05, 4.69) is 67.8 Å². The predicted molar refractivity (Wildman–Crippen MR) is 122 cm³/mol. The van der Waals surface area contributed by atoms with Gasteiger partial charge in [-0.25, -0.2) is 4.98 Å². The number of aryl methyl sites for hydroxylation is 1. The molecule has 0 aliphatic carbocycles. The number of aromatic nitrogens is 2. The van der Waals surface area contributed by atoms with E-state index in [1.54, 1.807) is 6.08 Å². The van der Waals surface area contributed by atoms with Gasteiger partial charge in [-0.2, -0.15) is 5.26 Å². The Balaban J connectivity index is 2.11. The van der Waals surface area contributed by atoms with Crippen LogP contribution in [-0.4, -0.2) is 16.6 Å². The Kier molecular flexibility index (Phi) is 5.98. The van der Waals surface area contributed by atoms with Crippen molar-refractivity contribution in [3.05, 3.63) is 67.1 Å². The van der Waals surface area contributed by atoms with Gasteiger partial charge in [0.1, 0.15) is 24.3 Å². The molecule has 2 aromatic carbocycles. The third-order valence-corrected chi connectivity index (χ3v) is 5.12. The molecule has 1 N–H and O–H groups in total. The Morgan fingerprint density at radius 1 is 1.35 bits per heavy atom. The smallest absolute Gasteiger partial charge is 0.149 e. The van der Waals surface area contributed by atoms with Crippen LogP contribution in [0.1, 0.15) is 17.0 Å². The molecule has 6 heteroatoms. The molecule has 0 radical (unpaired) electrons. The number of nitrogens with one attached hydrogen (secondary N) is 1. The molecular formula is C20H15I2N3O. The van der Waals surface area contributed by atoms with Gasteiger partial charge < -0.3 is 9.72 Å². The van der Waals surface area contributed by atoms with Crippen LogP contribution >= 0.6 is 45.2 Å². The van der Waals surface area contributed by atoms with Crippen molar-refractivity contribution in [3.63, 3.8) is 0 Å². The largest absolute Gasteiger partial charge is 0.488 e. The fourth-order valence-corrected chi connectivity index (χ4v) is 4.59. The van der Waals surface area contributed by atoms with Crippen molar-refractivity contribution in [3.8, 4) is 11.8 Å². The first-order chi connectivity index (χ1) is 12.5. The summed E-state index contributed by atoms with van der Waals surface area (Å²) in [6, 6.07) is 12.3. The highest BCUT2D eigenvalue weighted by Gasteiger charge is 2.13. The minimum Gasteiger partial charge on any atom is -0.488 e. The summed E-state index contributed by atoms with van der Waals surface area (Å²) in [5.74, 6) is 1.29. The van der Waals surface area contributed by atoms with E-state index in [-0.39, 0.29) is 0 Å². The summed E-state index contributed by atoms with van der Waals surface area (Å²) in [4.78, 5) is 7.79. The lowest BCUT2D eigenvalue weighted by atomic mass is 10.1. The van der Waals surface area contributed by atoms with Crippen molar-refractivity contribution in [2.75, 3.05) is 6.61 Å². The highest BCUT2D eigenvalue weighted by atomic mass is 127. The van der Waals surface area contributed by atoms with E-state index >= 15 is 0 Å². The van der Waals surface area contributed by atoms with E-state index in [0.29, 0.717) is 18.0 Å². The van der Waals surface area contributed by atoms with E-state index in [1.807, 2.05) is 43.3 Å². The molecule has 0 aliphatic rings. The lowest BCUT2D eigenvalue weighted by Gasteiger charge is -2.11. The number of nitriles is 1. The normalized spacial score (nSPS) is 11.4. The molecule has 1 aromatic heterocycles. The maximum Gasteiger partial charge on any atom is 0.149 e. The van der Waals surface area contributed by atoms with E-state index in [4.69, 9.17) is 4.74 Å². The molecule has 0 saturated carbocycles. The number of allylic oxidation sites excluding steroid dienone is 1. The monoisotopic (exact) mass is 567 g/mol. The molecule has 130 valence electrons. The molecule has 3 rings (SSSR count). The van der Waals surface area contributed by atoms with Gasteiger partial charge in [0.2, 0.25) is 0 Å². The third-order valence-electron chi connectivity index (χ3n) is 3.70. The molecule has 0 fully saturated rings. The summed E-state index contributed by atoms with van der Waals surface area (Å²) in [6.45, 7) is 6.13. The maximum atomic E-state index is 9.69. The van der Waals surface area contributed by atoms with Crippen LogP contribution in [0.4, 0.5) is 0 Å². The maximum absolute atomic E-state index is 9.69. The number of rotatable bonds is 5. The minimum absolute atomic E-state index is 0.406. The third kappa shape index (κ3) is 4.10. The van der Waals surface area contributed by atoms with E-state index in [0.717, 1.165) is 35.1 Å². The topological polar surface area (TPSA) is 61.7 Å². The van der Waals surface area contributed by atoms with Crippen LogP contribution in [0.2, 0.25) is 0 Å². The van der Waals surface area contributed by atoms with Crippen LogP contribution in [0.3, 0.4) is 0 Å². The minimum atomic E-state index is 0.406. The molecule has 26 heavy (non-hydrogen) atoms. The highest BCUT2D eigenvalue weighted by Crippen LogP contribution is 2.31. The van der Waals surface area contributed by atoms with Crippen LogP contribution in [0.5, 0.6) is 5.75 Å². The van der Waals surface area contributed by atoms with Gasteiger partial charge in [0.25, 0.3) is 0 Å². The van der Waals surface area contributed by atoms with E-state index < -0.39 is 0 Å². The molecule has 4 nitrogen and oxygen atoms in total. The summed E-state index contributed by atoms with van der Waals surface area (Å²) in [5, 5.41) is 9.69. The number of imidazole rings is 1. The second-order valence-corrected chi connectivity index (χ2v) is 8.09. The zero-order valence-electron chi connectivity index (χ0n) is 14.0. The molecular weight excluding hydrogens is 552 g/mol. The number of nitrogens with zero attached hydrogens (tertiary/aromatic N) is 2. The van der Waals surface area contributed by atoms with Gasteiger partial charge >= 0.3 is 0 Å². The zero-order chi connectivity index (χ0) is 18.7. The van der Waals surface area contributed by atoms with Gasteiger partial charge in [-0.15, -0.1) is 0 Å². The predicted octanol–water partition coefficient (Wildman–Crippen LogP) is 5.71. The number of halogens is 2. The summed E-state index contributed by atoms with van der Waals surface area (Å²) < 4.78 is 7.87. The summed E-state index contributed by atoms with van der Waals surface area (Å²) in [5.41, 5.74) is 4.20. The second-order valence-electron chi connectivity index (χ2n) is 5.68. The zero-order valence-corrected chi connectivity index (χ0v) is 18.3. The van der Waals surface area contributed by atoms with Crippen LogP contribution in [0.15, 0.2) is 43.0 Å².